The second kappa shape index (κ2) is 7.27. The first-order valence-corrected chi connectivity index (χ1v) is 7.74. The second-order valence-corrected chi connectivity index (χ2v) is 6.11. The van der Waals surface area contributed by atoms with Gasteiger partial charge in [-0.1, -0.05) is 18.9 Å². The molecule has 1 saturated carbocycles. The van der Waals surface area contributed by atoms with Crippen LogP contribution in [0.5, 0.6) is 0 Å². The Morgan fingerprint density at radius 3 is 2.89 bits per heavy atom. The Kier molecular flexibility index (Phi) is 5.67. The number of anilines is 1. The lowest BCUT2D eigenvalue weighted by Crippen LogP contribution is -2.27. The lowest BCUT2D eigenvalue weighted by Gasteiger charge is -2.17. The fourth-order valence-corrected chi connectivity index (χ4v) is 2.75. The Hall–Kier alpha value is -0.580. The zero-order chi connectivity index (χ0) is 13.7. The molecule has 106 valence electrons. The third-order valence-electron chi connectivity index (χ3n) is 3.48. The van der Waals surface area contributed by atoms with Gasteiger partial charge in [-0.25, -0.2) is 0 Å². The van der Waals surface area contributed by atoms with Crippen LogP contribution in [0.15, 0.2) is 22.7 Å². The van der Waals surface area contributed by atoms with Crippen LogP contribution in [-0.4, -0.2) is 30.5 Å². The summed E-state index contributed by atoms with van der Waals surface area (Å²) in [5.41, 5.74) is 2.21. The normalized spacial score (nSPS) is 17.6. The van der Waals surface area contributed by atoms with Crippen molar-refractivity contribution in [1.82, 2.24) is 0 Å². The van der Waals surface area contributed by atoms with Gasteiger partial charge in [0.15, 0.2) is 0 Å². The van der Waals surface area contributed by atoms with E-state index in [-0.39, 0.29) is 0 Å². The molecule has 0 radical (unpaired) electrons. The van der Waals surface area contributed by atoms with Crippen molar-refractivity contribution >= 4 is 21.6 Å². The van der Waals surface area contributed by atoms with Gasteiger partial charge in [0.25, 0.3) is 0 Å². The van der Waals surface area contributed by atoms with E-state index in [2.05, 4.69) is 40.3 Å². The minimum atomic E-state index is -0.465. The summed E-state index contributed by atoms with van der Waals surface area (Å²) in [5, 5.41) is 13.2. The molecule has 1 aromatic rings. The highest BCUT2D eigenvalue weighted by Crippen LogP contribution is 2.23. The molecule has 0 amide bonds. The summed E-state index contributed by atoms with van der Waals surface area (Å²) in [6.07, 6.45) is 4.70. The molecule has 1 aliphatic carbocycles. The van der Waals surface area contributed by atoms with Crippen LogP contribution in [-0.2, 0) is 4.74 Å². The molecule has 1 fully saturated rings. The van der Waals surface area contributed by atoms with Crippen molar-refractivity contribution in [2.75, 3.05) is 18.5 Å². The first kappa shape index (κ1) is 14.8. The van der Waals surface area contributed by atoms with Crippen molar-refractivity contribution < 1.29 is 9.84 Å². The SMILES string of the molecule is Cc1ccc(Br)c(NCC(O)COC2CCCC2)c1. The number of halogens is 1. The molecule has 4 heteroatoms. The molecule has 0 bridgehead atoms. The van der Waals surface area contributed by atoms with Crippen LogP contribution in [0.1, 0.15) is 31.2 Å². The maximum absolute atomic E-state index is 9.93. The molecule has 3 nitrogen and oxygen atoms in total. The van der Waals surface area contributed by atoms with E-state index in [4.69, 9.17) is 4.74 Å². The number of hydrogen-bond acceptors (Lipinski definition) is 3. The number of nitrogens with one attached hydrogen (secondary N) is 1. The van der Waals surface area contributed by atoms with Crippen LogP contribution in [0.4, 0.5) is 5.69 Å². The molecule has 1 aromatic carbocycles. The maximum Gasteiger partial charge on any atom is 0.0945 e. The summed E-state index contributed by atoms with van der Waals surface area (Å²) in [6, 6.07) is 6.13. The summed E-state index contributed by atoms with van der Waals surface area (Å²) in [4.78, 5) is 0. The standard InChI is InChI=1S/C15H22BrNO2/c1-11-6-7-14(16)15(8-11)17-9-12(18)10-19-13-4-2-3-5-13/h6-8,12-13,17-18H,2-5,9-10H2,1H3. The van der Waals surface area contributed by atoms with Gasteiger partial charge in [0, 0.05) is 16.7 Å². The number of hydrogen-bond donors (Lipinski definition) is 2. The number of ether oxygens (including phenoxy) is 1. The lowest BCUT2D eigenvalue weighted by molar-refractivity contribution is -0.00117. The van der Waals surface area contributed by atoms with E-state index in [1.165, 1.54) is 18.4 Å². The van der Waals surface area contributed by atoms with Crippen LogP contribution in [0.2, 0.25) is 0 Å². The van der Waals surface area contributed by atoms with Gasteiger partial charge in [0.05, 0.1) is 18.8 Å². The van der Waals surface area contributed by atoms with E-state index < -0.39 is 6.10 Å². The van der Waals surface area contributed by atoms with E-state index in [0.717, 1.165) is 23.0 Å². The minimum absolute atomic E-state index is 0.361. The molecular weight excluding hydrogens is 306 g/mol. The topological polar surface area (TPSA) is 41.5 Å². The van der Waals surface area contributed by atoms with Crippen LogP contribution in [0.3, 0.4) is 0 Å². The molecular formula is C15H22BrNO2. The molecule has 0 spiro atoms. The van der Waals surface area contributed by atoms with E-state index in [1.54, 1.807) is 0 Å². The van der Waals surface area contributed by atoms with Crippen molar-refractivity contribution in [3.8, 4) is 0 Å². The fourth-order valence-electron chi connectivity index (χ4n) is 2.36. The van der Waals surface area contributed by atoms with Crippen LogP contribution in [0.25, 0.3) is 0 Å². The lowest BCUT2D eigenvalue weighted by atomic mass is 10.2. The quantitative estimate of drug-likeness (QED) is 0.840. The number of rotatable bonds is 6. The molecule has 0 heterocycles. The summed E-state index contributed by atoms with van der Waals surface area (Å²) in [6.45, 7) is 2.98. The van der Waals surface area contributed by atoms with Gasteiger partial charge in [0.2, 0.25) is 0 Å². The average Bonchev–Trinajstić information content (AvgIpc) is 2.90. The Balaban J connectivity index is 1.73. The van der Waals surface area contributed by atoms with Gasteiger partial charge in [-0.15, -0.1) is 0 Å². The van der Waals surface area contributed by atoms with Crippen molar-refractivity contribution in [2.45, 2.75) is 44.8 Å². The van der Waals surface area contributed by atoms with Crippen molar-refractivity contribution in [2.24, 2.45) is 0 Å². The molecule has 0 aliphatic heterocycles. The Morgan fingerprint density at radius 1 is 1.42 bits per heavy atom. The summed E-state index contributed by atoms with van der Waals surface area (Å²) in [5.74, 6) is 0. The van der Waals surface area contributed by atoms with E-state index >= 15 is 0 Å². The van der Waals surface area contributed by atoms with Gasteiger partial charge in [-0.2, -0.15) is 0 Å². The monoisotopic (exact) mass is 327 g/mol. The molecule has 2 rings (SSSR count). The van der Waals surface area contributed by atoms with Crippen LogP contribution < -0.4 is 5.32 Å². The van der Waals surface area contributed by atoms with E-state index in [9.17, 15) is 5.11 Å². The fraction of sp³-hybridized carbons (Fsp3) is 0.600. The number of benzene rings is 1. The van der Waals surface area contributed by atoms with Gasteiger partial charge >= 0.3 is 0 Å². The van der Waals surface area contributed by atoms with Gasteiger partial charge in [-0.05, 0) is 53.4 Å². The Bertz CT molecular complexity index is 405. The molecule has 1 atom stereocenters. The molecule has 0 aromatic heterocycles. The largest absolute Gasteiger partial charge is 0.389 e. The maximum atomic E-state index is 9.93. The Morgan fingerprint density at radius 2 is 2.16 bits per heavy atom. The summed E-state index contributed by atoms with van der Waals surface area (Å²) >= 11 is 3.50. The third kappa shape index (κ3) is 4.79. The molecule has 1 aliphatic rings. The highest BCUT2D eigenvalue weighted by Gasteiger charge is 2.16. The van der Waals surface area contributed by atoms with Crippen LogP contribution >= 0.6 is 15.9 Å². The minimum Gasteiger partial charge on any atom is -0.389 e. The molecule has 1 unspecified atom stereocenters. The van der Waals surface area contributed by atoms with E-state index in [1.807, 2.05) is 6.07 Å². The summed E-state index contributed by atoms with van der Waals surface area (Å²) in [7, 11) is 0. The molecule has 2 N–H and O–H groups in total. The Labute approximate surface area is 123 Å². The van der Waals surface area contributed by atoms with Gasteiger partial charge < -0.3 is 15.2 Å². The number of aryl methyl sites for hydroxylation is 1. The van der Waals surface area contributed by atoms with Gasteiger partial charge in [-0.3, -0.25) is 0 Å². The summed E-state index contributed by atoms with van der Waals surface area (Å²) < 4.78 is 6.72. The first-order valence-electron chi connectivity index (χ1n) is 6.95. The van der Waals surface area contributed by atoms with Crippen molar-refractivity contribution in [1.29, 1.82) is 0 Å². The molecule has 0 saturated heterocycles. The zero-order valence-electron chi connectivity index (χ0n) is 11.4. The second-order valence-electron chi connectivity index (χ2n) is 5.26. The smallest absolute Gasteiger partial charge is 0.0945 e. The zero-order valence-corrected chi connectivity index (χ0v) is 12.9. The predicted octanol–water partition coefficient (Wildman–Crippen LogP) is 3.49. The van der Waals surface area contributed by atoms with Gasteiger partial charge in [0.1, 0.15) is 0 Å². The van der Waals surface area contributed by atoms with Crippen LogP contribution in [0, 0.1) is 6.92 Å². The first-order chi connectivity index (χ1) is 9.15. The highest BCUT2D eigenvalue weighted by molar-refractivity contribution is 9.10. The van der Waals surface area contributed by atoms with Crippen molar-refractivity contribution in [3.05, 3.63) is 28.2 Å². The average molecular weight is 328 g/mol. The number of aliphatic hydroxyl groups excluding tert-OH is 1. The van der Waals surface area contributed by atoms with E-state index in [0.29, 0.717) is 19.3 Å². The number of aliphatic hydroxyl groups is 1. The highest BCUT2D eigenvalue weighted by atomic mass is 79.9. The molecule has 19 heavy (non-hydrogen) atoms. The van der Waals surface area contributed by atoms with Crippen molar-refractivity contribution in [3.63, 3.8) is 0 Å². The predicted molar refractivity (Wildman–Crippen MR) is 81.6 cm³/mol. The third-order valence-corrected chi connectivity index (χ3v) is 4.17.